The molecule has 3 rings (SSSR count). The highest BCUT2D eigenvalue weighted by molar-refractivity contribution is 9.10. The van der Waals surface area contributed by atoms with Crippen molar-refractivity contribution in [3.05, 3.63) is 71.2 Å². The largest absolute Gasteiger partial charge is 0.440 e. The number of furan rings is 1. The summed E-state index contributed by atoms with van der Waals surface area (Å²) in [7, 11) is 0. The number of hydrogen-bond donors (Lipinski definition) is 1. The van der Waals surface area contributed by atoms with Crippen LogP contribution in [0, 0.1) is 0 Å². The molecular weight excluding hydrogens is 384 g/mol. The van der Waals surface area contributed by atoms with Crippen LogP contribution in [-0.2, 0) is 4.79 Å². The van der Waals surface area contributed by atoms with Gasteiger partial charge >= 0.3 is 6.03 Å². The number of carbonyl (C=O) groups is 2. The van der Waals surface area contributed by atoms with Crippen molar-refractivity contribution < 1.29 is 14.0 Å². The maximum atomic E-state index is 12.5. The minimum absolute atomic E-state index is 0.166. The highest BCUT2D eigenvalue weighted by atomic mass is 79.9. The molecule has 126 valence electrons. The average molecular weight is 399 g/mol. The average Bonchev–Trinajstić information content (AvgIpc) is 3.05. The number of carbonyl (C=O) groups excluding carboxylic acids is 2. The molecule has 1 N–H and O–H groups in total. The van der Waals surface area contributed by atoms with E-state index in [9.17, 15) is 9.59 Å². The van der Waals surface area contributed by atoms with Crippen molar-refractivity contribution in [1.82, 2.24) is 0 Å². The molecule has 0 spiro atoms. The van der Waals surface area contributed by atoms with Crippen LogP contribution in [-0.4, -0.2) is 11.9 Å². The van der Waals surface area contributed by atoms with Crippen LogP contribution < -0.4 is 10.2 Å². The van der Waals surface area contributed by atoms with Crippen molar-refractivity contribution in [2.75, 3.05) is 10.2 Å². The Kier molecular flexibility index (Phi) is 5.00. The van der Waals surface area contributed by atoms with E-state index < -0.39 is 11.9 Å². The molecule has 2 aromatic carbocycles. The summed E-state index contributed by atoms with van der Waals surface area (Å²) in [5.74, 6) is 0.297. The first-order valence-corrected chi connectivity index (χ1v) is 8.36. The quantitative estimate of drug-likeness (QED) is 0.651. The Hall–Kier alpha value is -2.86. The van der Waals surface area contributed by atoms with E-state index in [1.807, 2.05) is 30.3 Å². The van der Waals surface area contributed by atoms with Gasteiger partial charge in [-0.25, -0.2) is 9.69 Å². The van der Waals surface area contributed by atoms with Gasteiger partial charge in [0.2, 0.25) is 11.8 Å². The molecule has 0 radical (unpaired) electrons. The fourth-order valence-electron chi connectivity index (χ4n) is 2.32. The summed E-state index contributed by atoms with van der Waals surface area (Å²) in [4.78, 5) is 25.4. The number of urea groups is 1. The number of halogens is 1. The number of hydrogen-bond acceptors (Lipinski definition) is 3. The van der Waals surface area contributed by atoms with E-state index in [1.54, 1.807) is 36.4 Å². The Balaban J connectivity index is 1.85. The van der Waals surface area contributed by atoms with Crippen molar-refractivity contribution in [3.8, 4) is 11.3 Å². The Morgan fingerprint density at radius 3 is 2.28 bits per heavy atom. The van der Waals surface area contributed by atoms with Crippen LogP contribution in [0.4, 0.5) is 16.4 Å². The lowest BCUT2D eigenvalue weighted by Crippen LogP contribution is -2.38. The van der Waals surface area contributed by atoms with E-state index in [2.05, 4.69) is 21.2 Å². The molecule has 3 aromatic rings. The van der Waals surface area contributed by atoms with Gasteiger partial charge in [0.05, 0.1) is 0 Å². The van der Waals surface area contributed by atoms with E-state index in [1.165, 1.54) is 6.92 Å². The van der Waals surface area contributed by atoms with Crippen LogP contribution in [0.2, 0.25) is 0 Å². The molecule has 0 aliphatic rings. The zero-order valence-electron chi connectivity index (χ0n) is 13.4. The SMILES string of the molecule is CC(=O)N(C(=O)Nc1ccccc1)c1ccc(-c2ccc(Br)cc2)o1. The zero-order valence-corrected chi connectivity index (χ0v) is 15.0. The Bertz CT molecular complexity index is 889. The molecule has 0 bridgehead atoms. The van der Waals surface area contributed by atoms with Crippen molar-refractivity contribution in [2.45, 2.75) is 6.92 Å². The van der Waals surface area contributed by atoms with E-state index in [4.69, 9.17) is 4.42 Å². The van der Waals surface area contributed by atoms with Gasteiger partial charge in [-0.15, -0.1) is 0 Å². The number of nitrogens with zero attached hydrogens (tertiary/aromatic N) is 1. The van der Waals surface area contributed by atoms with E-state index in [-0.39, 0.29) is 5.88 Å². The monoisotopic (exact) mass is 398 g/mol. The second-order valence-electron chi connectivity index (χ2n) is 5.30. The summed E-state index contributed by atoms with van der Waals surface area (Å²) >= 11 is 3.38. The van der Waals surface area contributed by atoms with Crippen LogP contribution in [0.15, 0.2) is 75.6 Å². The van der Waals surface area contributed by atoms with Gasteiger partial charge < -0.3 is 9.73 Å². The van der Waals surface area contributed by atoms with Crippen molar-refractivity contribution >= 4 is 39.4 Å². The summed E-state index contributed by atoms with van der Waals surface area (Å²) in [6.45, 7) is 1.31. The van der Waals surface area contributed by atoms with Gasteiger partial charge in [-0.3, -0.25) is 4.79 Å². The summed E-state index contributed by atoms with van der Waals surface area (Å²) in [6, 6.07) is 19.2. The van der Waals surface area contributed by atoms with Gasteiger partial charge in [0.25, 0.3) is 0 Å². The molecule has 3 amide bonds. The van der Waals surface area contributed by atoms with E-state index in [0.717, 1.165) is 14.9 Å². The summed E-state index contributed by atoms with van der Waals surface area (Å²) < 4.78 is 6.68. The molecule has 0 saturated carbocycles. The lowest BCUT2D eigenvalue weighted by molar-refractivity contribution is -0.115. The predicted molar refractivity (Wildman–Crippen MR) is 100 cm³/mol. The third-order valence-corrected chi connectivity index (χ3v) is 4.01. The van der Waals surface area contributed by atoms with Gasteiger partial charge in [-0.2, -0.15) is 0 Å². The maximum Gasteiger partial charge on any atom is 0.335 e. The molecule has 0 fully saturated rings. The lowest BCUT2D eigenvalue weighted by Gasteiger charge is -2.17. The van der Waals surface area contributed by atoms with Crippen LogP contribution in [0.25, 0.3) is 11.3 Å². The van der Waals surface area contributed by atoms with Gasteiger partial charge in [0.15, 0.2) is 0 Å². The second kappa shape index (κ2) is 7.36. The van der Waals surface area contributed by atoms with Crippen molar-refractivity contribution in [2.24, 2.45) is 0 Å². The minimum atomic E-state index is -0.574. The Labute approximate surface area is 153 Å². The van der Waals surface area contributed by atoms with Gasteiger partial charge in [0, 0.05) is 28.7 Å². The molecule has 0 aliphatic carbocycles. The summed E-state index contributed by atoms with van der Waals surface area (Å²) in [5, 5.41) is 2.68. The molecule has 0 aliphatic heterocycles. The van der Waals surface area contributed by atoms with Crippen molar-refractivity contribution in [3.63, 3.8) is 0 Å². The van der Waals surface area contributed by atoms with Gasteiger partial charge in [-0.05, 0) is 30.3 Å². The molecule has 0 atom stereocenters. The highest BCUT2D eigenvalue weighted by Gasteiger charge is 2.23. The first kappa shape index (κ1) is 17.0. The fourth-order valence-corrected chi connectivity index (χ4v) is 2.58. The smallest absolute Gasteiger partial charge is 0.335 e. The Morgan fingerprint density at radius 1 is 0.960 bits per heavy atom. The molecule has 0 saturated heterocycles. The number of para-hydroxylation sites is 1. The fraction of sp³-hybridized carbons (Fsp3) is 0.0526. The van der Waals surface area contributed by atoms with Crippen LogP contribution in [0.1, 0.15) is 6.92 Å². The molecule has 1 heterocycles. The number of rotatable bonds is 3. The van der Waals surface area contributed by atoms with Crippen LogP contribution >= 0.6 is 15.9 Å². The molecule has 25 heavy (non-hydrogen) atoms. The number of benzene rings is 2. The molecule has 1 aromatic heterocycles. The maximum absolute atomic E-state index is 12.5. The third-order valence-electron chi connectivity index (χ3n) is 3.48. The third kappa shape index (κ3) is 3.97. The topological polar surface area (TPSA) is 62.6 Å². The number of anilines is 2. The zero-order chi connectivity index (χ0) is 17.8. The van der Waals surface area contributed by atoms with Gasteiger partial charge in [0.1, 0.15) is 5.76 Å². The molecule has 5 nitrogen and oxygen atoms in total. The van der Waals surface area contributed by atoms with Crippen molar-refractivity contribution in [1.29, 1.82) is 0 Å². The number of nitrogens with one attached hydrogen (secondary N) is 1. The van der Waals surface area contributed by atoms with Crippen LogP contribution in [0.3, 0.4) is 0 Å². The highest BCUT2D eigenvalue weighted by Crippen LogP contribution is 2.28. The standard InChI is InChI=1S/C19H15BrN2O3/c1-13(23)22(19(24)21-16-5-3-2-4-6-16)18-12-11-17(25-18)14-7-9-15(20)10-8-14/h2-12H,1H3,(H,21,24). The lowest BCUT2D eigenvalue weighted by atomic mass is 10.2. The second-order valence-corrected chi connectivity index (χ2v) is 6.21. The summed E-state index contributed by atoms with van der Waals surface area (Å²) in [5.41, 5.74) is 1.44. The number of amides is 3. The first-order valence-electron chi connectivity index (χ1n) is 7.57. The van der Waals surface area contributed by atoms with Crippen LogP contribution in [0.5, 0.6) is 0 Å². The summed E-state index contributed by atoms with van der Waals surface area (Å²) in [6.07, 6.45) is 0. The van der Waals surface area contributed by atoms with E-state index >= 15 is 0 Å². The normalized spacial score (nSPS) is 10.3. The Morgan fingerprint density at radius 2 is 1.64 bits per heavy atom. The minimum Gasteiger partial charge on any atom is -0.440 e. The molecule has 6 heteroatoms. The number of imide groups is 1. The van der Waals surface area contributed by atoms with Gasteiger partial charge in [-0.1, -0.05) is 46.3 Å². The molecular formula is C19H15BrN2O3. The predicted octanol–water partition coefficient (Wildman–Crippen LogP) is 5.29. The molecule has 0 unspecified atom stereocenters. The first-order chi connectivity index (χ1) is 12.0. The van der Waals surface area contributed by atoms with E-state index in [0.29, 0.717) is 11.4 Å².